The quantitative estimate of drug-likeness (QED) is 0.759. The first-order valence-electron chi connectivity index (χ1n) is 4.88. The lowest BCUT2D eigenvalue weighted by Gasteiger charge is -2.07. The Morgan fingerprint density at radius 2 is 1.76 bits per heavy atom. The highest BCUT2D eigenvalue weighted by molar-refractivity contribution is 5.79. The fourth-order valence-electron chi connectivity index (χ4n) is 1.34. The van der Waals surface area contributed by atoms with Gasteiger partial charge >= 0.3 is 0 Å². The Morgan fingerprint density at radius 1 is 1.00 bits per heavy atom. The van der Waals surface area contributed by atoms with Crippen LogP contribution in [0, 0.1) is 11.6 Å². The number of ether oxygens (including phenoxy) is 1. The molecule has 2 nitrogen and oxygen atoms in total. The zero-order valence-electron chi connectivity index (χ0n) is 8.69. The zero-order chi connectivity index (χ0) is 12.3. The van der Waals surface area contributed by atoms with Crippen LogP contribution in [0.3, 0.4) is 0 Å². The van der Waals surface area contributed by atoms with Gasteiger partial charge in [0.25, 0.3) is 0 Å². The molecule has 0 heterocycles. The van der Waals surface area contributed by atoms with E-state index in [1.165, 1.54) is 6.07 Å². The Kier molecular flexibility index (Phi) is 3.14. The van der Waals surface area contributed by atoms with E-state index in [-0.39, 0.29) is 5.75 Å². The Labute approximate surface area is 96.5 Å². The van der Waals surface area contributed by atoms with Gasteiger partial charge in [0.1, 0.15) is 11.5 Å². The standard InChI is InChI=1S/C13H8F2O2/c14-11-6-5-10(7-12(11)15)17-13-4-2-1-3-9(13)8-16/h1-8H. The second kappa shape index (κ2) is 4.74. The van der Waals surface area contributed by atoms with Crippen LogP contribution in [0.2, 0.25) is 0 Å². The first-order chi connectivity index (χ1) is 8.20. The topological polar surface area (TPSA) is 26.3 Å². The molecule has 0 saturated heterocycles. The molecule has 0 aliphatic carbocycles. The third-order valence-electron chi connectivity index (χ3n) is 2.16. The van der Waals surface area contributed by atoms with Gasteiger partial charge in [-0.15, -0.1) is 0 Å². The molecule has 0 aliphatic rings. The van der Waals surface area contributed by atoms with Gasteiger partial charge in [0, 0.05) is 6.07 Å². The maximum absolute atomic E-state index is 12.9. The smallest absolute Gasteiger partial charge is 0.162 e. The van der Waals surface area contributed by atoms with Gasteiger partial charge in [0.05, 0.1) is 5.56 Å². The fraction of sp³-hybridized carbons (Fsp3) is 0. The maximum atomic E-state index is 12.9. The first-order valence-corrected chi connectivity index (χ1v) is 4.88. The summed E-state index contributed by atoms with van der Waals surface area (Å²) >= 11 is 0. The van der Waals surface area contributed by atoms with E-state index in [0.717, 1.165) is 12.1 Å². The van der Waals surface area contributed by atoms with E-state index in [2.05, 4.69) is 0 Å². The number of carbonyl (C=O) groups is 1. The summed E-state index contributed by atoms with van der Waals surface area (Å²) in [5.41, 5.74) is 0.345. The van der Waals surface area contributed by atoms with Crippen LogP contribution in [-0.2, 0) is 0 Å². The van der Waals surface area contributed by atoms with Crippen molar-refractivity contribution >= 4 is 6.29 Å². The zero-order valence-corrected chi connectivity index (χ0v) is 8.69. The van der Waals surface area contributed by atoms with Gasteiger partial charge in [-0.2, -0.15) is 0 Å². The first kappa shape index (κ1) is 11.3. The molecule has 2 aromatic carbocycles. The minimum Gasteiger partial charge on any atom is -0.457 e. The minimum absolute atomic E-state index is 0.137. The summed E-state index contributed by atoms with van der Waals surface area (Å²) in [5, 5.41) is 0. The number of hydrogen-bond acceptors (Lipinski definition) is 2. The fourth-order valence-corrected chi connectivity index (χ4v) is 1.34. The summed E-state index contributed by atoms with van der Waals surface area (Å²) in [5.74, 6) is -1.50. The molecule has 0 amide bonds. The molecule has 2 aromatic rings. The van der Waals surface area contributed by atoms with Crippen molar-refractivity contribution in [1.29, 1.82) is 0 Å². The van der Waals surface area contributed by atoms with Gasteiger partial charge in [-0.25, -0.2) is 8.78 Å². The van der Waals surface area contributed by atoms with E-state index in [1.807, 2.05) is 0 Å². The van der Waals surface area contributed by atoms with Crippen molar-refractivity contribution in [3.8, 4) is 11.5 Å². The highest BCUT2D eigenvalue weighted by Crippen LogP contribution is 2.25. The monoisotopic (exact) mass is 234 g/mol. The van der Waals surface area contributed by atoms with Crippen molar-refractivity contribution in [2.24, 2.45) is 0 Å². The van der Waals surface area contributed by atoms with E-state index in [9.17, 15) is 13.6 Å². The third-order valence-corrected chi connectivity index (χ3v) is 2.16. The number of halogens is 2. The molecule has 0 unspecified atom stereocenters. The average Bonchev–Trinajstić information content (AvgIpc) is 2.34. The molecular formula is C13H8F2O2. The van der Waals surface area contributed by atoms with Crippen molar-refractivity contribution in [3.05, 3.63) is 59.7 Å². The molecule has 4 heteroatoms. The van der Waals surface area contributed by atoms with Gasteiger partial charge in [0.2, 0.25) is 0 Å². The molecule has 0 saturated carbocycles. The molecule has 0 bridgehead atoms. The Hall–Kier alpha value is -2.23. The van der Waals surface area contributed by atoms with Crippen molar-refractivity contribution in [1.82, 2.24) is 0 Å². The summed E-state index contributed by atoms with van der Waals surface area (Å²) in [6.45, 7) is 0. The van der Waals surface area contributed by atoms with E-state index >= 15 is 0 Å². The summed E-state index contributed by atoms with van der Waals surface area (Å²) in [6.07, 6.45) is 0.634. The Morgan fingerprint density at radius 3 is 2.47 bits per heavy atom. The minimum atomic E-state index is -0.994. The average molecular weight is 234 g/mol. The second-order valence-electron chi connectivity index (χ2n) is 3.33. The third kappa shape index (κ3) is 2.47. The van der Waals surface area contributed by atoms with Crippen LogP contribution in [0.1, 0.15) is 10.4 Å². The lowest BCUT2D eigenvalue weighted by atomic mass is 10.2. The van der Waals surface area contributed by atoms with Gasteiger partial charge in [-0.05, 0) is 24.3 Å². The molecule has 0 radical (unpaired) electrons. The number of benzene rings is 2. The summed E-state index contributed by atoms with van der Waals surface area (Å²) < 4.78 is 30.9. The maximum Gasteiger partial charge on any atom is 0.162 e. The molecule has 0 spiro atoms. The SMILES string of the molecule is O=Cc1ccccc1Oc1ccc(F)c(F)c1. The van der Waals surface area contributed by atoms with Crippen LogP contribution in [-0.4, -0.2) is 6.29 Å². The predicted octanol–water partition coefficient (Wildman–Crippen LogP) is 3.57. The Bertz CT molecular complexity index is 553. The van der Waals surface area contributed by atoms with Crippen molar-refractivity contribution < 1.29 is 18.3 Å². The number of para-hydroxylation sites is 1. The number of carbonyl (C=O) groups excluding carboxylic acids is 1. The van der Waals surface area contributed by atoms with Crippen LogP contribution < -0.4 is 4.74 Å². The summed E-state index contributed by atoms with van der Waals surface area (Å²) in [4.78, 5) is 10.7. The second-order valence-corrected chi connectivity index (χ2v) is 3.33. The number of hydrogen-bond donors (Lipinski definition) is 0. The molecule has 0 aromatic heterocycles. The van der Waals surface area contributed by atoms with Gasteiger partial charge in [-0.1, -0.05) is 12.1 Å². The highest BCUT2D eigenvalue weighted by Gasteiger charge is 2.06. The highest BCUT2D eigenvalue weighted by atomic mass is 19.2. The van der Waals surface area contributed by atoms with E-state index in [4.69, 9.17) is 4.74 Å². The van der Waals surface area contributed by atoms with Crippen LogP contribution in [0.4, 0.5) is 8.78 Å². The molecule has 0 aliphatic heterocycles. The van der Waals surface area contributed by atoms with E-state index in [0.29, 0.717) is 17.6 Å². The Balaban J connectivity index is 2.31. The van der Waals surface area contributed by atoms with Crippen molar-refractivity contribution in [2.45, 2.75) is 0 Å². The molecule has 0 N–H and O–H groups in total. The molecule has 17 heavy (non-hydrogen) atoms. The molecule has 0 fully saturated rings. The van der Waals surface area contributed by atoms with Crippen LogP contribution in [0.5, 0.6) is 11.5 Å². The van der Waals surface area contributed by atoms with Crippen molar-refractivity contribution in [2.75, 3.05) is 0 Å². The molecule has 86 valence electrons. The largest absolute Gasteiger partial charge is 0.457 e. The van der Waals surface area contributed by atoms with Crippen LogP contribution in [0.25, 0.3) is 0 Å². The number of rotatable bonds is 3. The predicted molar refractivity (Wildman–Crippen MR) is 58.3 cm³/mol. The van der Waals surface area contributed by atoms with Gasteiger partial charge in [0.15, 0.2) is 17.9 Å². The van der Waals surface area contributed by atoms with E-state index < -0.39 is 11.6 Å². The van der Waals surface area contributed by atoms with Crippen LogP contribution in [0.15, 0.2) is 42.5 Å². The van der Waals surface area contributed by atoms with Crippen molar-refractivity contribution in [3.63, 3.8) is 0 Å². The van der Waals surface area contributed by atoms with E-state index in [1.54, 1.807) is 24.3 Å². The summed E-state index contributed by atoms with van der Waals surface area (Å²) in [7, 11) is 0. The van der Waals surface area contributed by atoms with Crippen LogP contribution >= 0.6 is 0 Å². The lowest BCUT2D eigenvalue weighted by Crippen LogP contribution is -1.91. The lowest BCUT2D eigenvalue weighted by molar-refractivity contribution is 0.112. The molecular weight excluding hydrogens is 226 g/mol. The van der Waals surface area contributed by atoms with Gasteiger partial charge < -0.3 is 4.74 Å². The normalized spacial score (nSPS) is 10.0. The molecule has 2 rings (SSSR count). The summed E-state index contributed by atoms with van der Waals surface area (Å²) in [6, 6.07) is 9.70. The molecule has 0 atom stereocenters. The number of aldehydes is 1. The van der Waals surface area contributed by atoms with Gasteiger partial charge in [-0.3, -0.25) is 4.79 Å².